The Morgan fingerprint density at radius 2 is 1.65 bits per heavy atom. The predicted molar refractivity (Wildman–Crippen MR) is 104 cm³/mol. The lowest BCUT2D eigenvalue weighted by Crippen LogP contribution is -2.55. The molecule has 0 radical (unpaired) electrons. The average Bonchev–Trinajstić information content (AvgIpc) is 2.61. The van der Waals surface area contributed by atoms with Gasteiger partial charge in [-0.25, -0.2) is 0 Å². The summed E-state index contributed by atoms with van der Waals surface area (Å²) in [4.78, 5) is 13.6. The third-order valence-electron chi connectivity index (χ3n) is 7.10. The molecule has 1 aromatic rings. The number of benzene rings is 1. The van der Waals surface area contributed by atoms with Gasteiger partial charge in [0.2, 0.25) is 0 Å². The molecule has 0 amide bonds. The second-order valence-electron chi connectivity index (χ2n) is 9.15. The predicted octanol–water partition coefficient (Wildman–Crippen LogP) is 4.46. The van der Waals surface area contributed by atoms with Gasteiger partial charge in [-0.15, -0.1) is 0 Å². The van der Waals surface area contributed by atoms with E-state index in [4.69, 9.17) is 15.2 Å². The fourth-order valence-electron chi connectivity index (χ4n) is 5.70. The summed E-state index contributed by atoms with van der Waals surface area (Å²) in [7, 11) is 3.22. The molecule has 4 heteroatoms. The van der Waals surface area contributed by atoms with E-state index in [2.05, 4.69) is 20.8 Å². The third kappa shape index (κ3) is 3.24. The monoisotopic (exact) mass is 359 g/mol. The maximum Gasteiger partial charge on any atom is 0.166 e. The molecule has 3 rings (SSSR count). The van der Waals surface area contributed by atoms with Crippen molar-refractivity contribution in [1.82, 2.24) is 0 Å². The number of fused-ring (bicyclic) bond motifs is 1. The van der Waals surface area contributed by atoms with E-state index in [1.165, 1.54) is 12.8 Å². The molecule has 0 heterocycles. The average molecular weight is 360 g/mol. The zero-order valence-corrected chi connectivity index (χ0v) is 16.8. The van der Waals surface area contributed by atoms with Crippen molar-refractivity contribution >= 4 is 5.78 Å². The smallest absolute Gasteiger partial charge is 0.166 e. The topological polar surface area (TPSA) is 61.5 Å². The molecule has 2 aliphatic rings. The van der Waals surface area contributed by atoms with Crippen molar-refractivity contribution < 1.29 is 14.3 Å². The van der Waals surface area contributed by atoms with Gasteiger partial charge in [-0.3, -0.25) is 4.79 Å². The fraction of sp³-hybridized carbons (Fsp3) is 0.682. The van der Waals surface area contributed by atoms with E-state index in [9.17, 15) is 4.79 Å². The molecule has 4 nitrogen and oxygen atoms in total. The Morgan fingerprint density at radius 1 is 1.04 bits per heavy atom. The van der Waals surface area contributed by atoms with Gasteiger partial charge < -0.3 is 15.2 Å². The first-order valence-corrected chi connectivity index (χ1v) is 9.74. The van der Waals surface area contributed by atoms with Gasteiger partial charge in [0.25, 0.3) is 0 Å². The molecule has 0 aromatic heterocycles. The second-order valence-corrected chi connectivity index (χ2v) is 9.15. The standard InChI is InChI=1S/C22H33NO3/c1-21(2)7-6-8-22(3)18(11-15(23)12-19(21)22)20(24)14-9-16(25-4)13-17(10-14)26-5/h9-10,13,15,18-19H,6-8,11-12,23H2,1-5H3. The van der Waals surface area contributed by atoms with Gasteiger partial charge in [0.15, 0.2) is 5.78 Å². The van der Waals surface area contributed by atoms with Crippen molar-refractivity contribution in [2.45, 2.75) is 58.9 Å². The van der Waals surface area contributed by atoms with E-state index in [1.807, 2.05) is 12.1 Å². The minimum absolute atomic E-state index is 0.00498. The Morgan fingerprint density at radius 3 is 2.23 bits per heavy atom. The Labute approximate surface area is 157 Å². The van der Waals surface area contributed by atoms with Crippen molar-refractivity contribution in [2.75, 3.05) is 14.2 Å². The summed E-state index contributed by atoms with van der Waals surface area (Å²) in [6.45, 7) is 7.02. The molecule has 0 saturated heterocycles. The van der Waals surface area contributed by atoms with Crippen molar-refractivity contribution in [3.63, 3.8) is 0 Å². The number of rotatable bonds is 4. The molecular formula is C22H33NO3. The van der Waals surface area contributed by atoms with Gasteiger partial charge in [0.05, 0.1) is 14.2 Å². The number of hydrogen-bond acceptors (Lipinski definition) is 4. The van der Waals surface area contributed by atoms with Crippen molar-refractivity contribution in [3.8, 4) is 11.5 Å². The van der Waals surface area contributed by atoms with E-state index < -0.39 is 0 Å². The van der Waals surface area contributed by atoms with Gasteiger partial charge in [-0.1, -0.05) is 27.2 Å². The number of nitrogens with two attached hydrogens (primary N) is 1. The Balaban J connectivity index is 2.00. The van der Waals surface area contributed by atoms with E-state index in [-0.39, 0.29) is 28.6 Å². The maximum absolute atomic E-state index is 13.6. The molecule has 4 atom stereocenters. The van der Waals surface area contributed by atoms with E-state index in [0.29, 0.717) is 23.0 Å². The Bertz CT molecular complexity index is 662. The number of carbonyl (C=O) groups excluding carboxylic acids is 1. The fourth-order valence-corrected chi connectivity index (χ4v) is 5.70. The molecule has 4 unspecified atom stereocenters. The van der Waals surface area contributed by atoms with Gasteiger partial charge in [-0.05, 0) is 54.6 Å². The van der Waals surface area contributed by atoms with Crippen LogP contribution < -0.4 is 15.2 Å². The summed E-state index contributed by atoms with van der Waals surface area (Å²) < 4.78 is 10.7. The van der Waals surface area contributed by atoms with Gasteiger partial charge >= 0.3 is 0 Å². The maximum atomic E-state index is 13.6. The van der Waals surface area contributed by atoms with Crippen LogP contribution in [0, 0.1) is 22.7 Å². The van der Waals surface area contributed by atoms with Crippen LogP contribution in [-0.2, 0) is 0 Å². The first kappa shape index (κ1) is 19.2. The van der Waals surface area contributed by atoms with Gasteiger partial charge in [0, 0.05) is 23.6 Å². The SMILES string of the molecule is COc1cc(OC)cc(C(=O)C2CC(N)CC3C(C)(C)CCCC23C)c1. The first-order valence-electron chi connectivity index (χ1n) is 9.74. The minimum Gasteiger partial charge on any atom is -0.497 e. The molecular weight excluding hydrogens is 326 g/mol. The number of ether oxygens (including phenoxy) is 2. The first-order chi connectivity index (χ1) is 12.2. The van der Waals surface area contributed by atoms with Crippen LogP contribution in [0.2, 0.25) is 0 Å². The molecule has 0 aliphatic heterocycles. The normalized spacial score (nSPS) is 33.2. The lowest BCUT2D eigenvalue weighted by molar-refractivity contribution is -0.0668. The van der Waals surface area contributed by atoms with E-state index >= 15 is 0 Å². The van der Waals surface area contributed by atoms with Crippen molar-refractivity contribution in [3.05, 3.63) is 23.8 Å². The lowest BCUT2D eigenvalue weighted by atomic mass is 9.47. The Hall–Kier alpha value is -1.55. The molecule has 2 fully saturated rings. The van der Waals surface area contributed by atoms with Crippen LogP contribution in [0.15, 0.2) is 18.2 Å². The summed E-state index contributed by atoms with van der Waals surface area (Å²) in [5, 5.41) is 0. The molecule has 26 heavy (non-hydrogen) atoms. The van der Waals surface area contributed by atoms with Crippen LogP contribution >= 0.6 is 0 Å². The second kappa shape index (κ2) is 6.88. The number of methoxy groups -OCH3 is 2. The summed E-state index contributed by atoms with van der Waals surface area (Å²) in [5.41, 5.74) is 7.35. The molecule has 1 aromatic carbocycles. The Kier molecular flexibility index (Phi) is 5.08. The highest BCUT2D eigenvalue weighted by Crippen LogP contribution is 2.60. The molecule has 2 N–H and O–H groups in total. The number of carbonyl (C=O) groups is 1. The zero-order chi connectivity index (χ0) is 19.1. The van der Waals surface area contributed by atoms with E-state index in [1.54, 1.807) is 20.3 Å². The molecule has 2 saturated carbocycles. The van der Waals surface area contributed by atoms with Gasteiger partial charge in [-0.2, -0.15) is 0 Å². The zero-order valence-electron chi connectivity index (χ0n) is 16.8. The van der Waals surface area contributed by atoms with Crippen LogP contribution in [0.1, 0.15) is 63.2 Å². The molecule has 0 spiro atoms. The van der Waals surface area contributed by atoms with Crippen LogP contribution in [0.25, 0.3) is 0 Å². The molecule has 144 valence electrons. The lowest BCUT2D eigenvalue weighted by Gasteiger charge is -2.58. The highest BCUT2D eigenvalue weighted by Gasteiger charge is 2.55. The van der Waals surface area contributed by atoms with Crippen LogP contribution in [0.3, 0.4) is 0 Å². The molecule has 2 aliphatic carbocycles. The largest absolute Gasteiger partial charge is 0.497 e. The highest BCUT2D eigenvalue weighted by atomic mass is 16.5. The van der Waals surface area contributed by atoms with Crippen LogP contribution in [0.4, 0.5) is 0 Å². The summed E-state index contributed by atoms with van der Waals surface area (Å²) >= 11 is 0. The summed E-state index contributed by atoms with van der Waals surface area (Å²) in [6, 6.07) is 5.55. The third-order valence-corrected chi connectivity index (χ3v) is 7.10. The van der Waals surface area contributed by atoms with E-state index in [0.717, 1.165) is 19.3 Å². The number of ketones is 1. The minimum atomic E-state index is -0.0485. The number of hydrogen-bond donors (Lipinski definition) is 1. The summed E-state index contributed by atoms with van der Waals surface area (Å²) in [6.07, 6.45) is 5.29. The highest BCUT2D eigenvalue weighted by molar-refractivity contribution is 5.99. The quantitative estimate of drug-likeness (QED) is 0.807. The van der Waals surface area contributed by atoms with Crippen molar-refractivity contribution in [2.24, 2.45) is 28.4 Å². The van der Waals surface area contributed by atoms with Crippen LogP contribution in [0.5, 0.6) is 11.5 Å². The molecule has 0 bridgehead atoms. The van der Waals surface area contributed by atoms with Crippen LogP contribution in [-0.4, -0.2) is 26.0 Å². The van der Waals surface area contributed by atoms with Gasteiger partial charge in [0.1, 0.15) is 11.5 Å². The number of Topliss-reactive ketones (excluding diaryl/α,β-unsaturated/α-hetero) is 1. The van der Waals surface area contributed by atoms with Crippen molar-refractivity contribution in [1.29, 1.82) is 0 Å². The summed E-state index contributed by atoms with van der Waals surface area (Å²) in [5.74, 6) is 1.92.